The van der Waals surface area contributed by atoms with Gasteiger partial charge in [0.2, 0.25) is 0 Å². The van der Waals surface area contributed by atoms with Crippen LogP contribution >= 0.6 is 0 Å². The highest BCUT2D eigenvalue weighted by Gasteiger charge is 2.47. The van der Waals surface area contributed by atoms with Crippen LogP contribution in [0.5, 0.6) is 23.0 Å². The van der Waals surface area contributed by atoms with Gasteiger partial charge in [0.15, 0.2) is 0 Å². The summed E-state index contributed by atoms with van der Waals surface area (Å²) < 4.78 is 0. The number of hydrogen-bond donors (Lipinski definition) is 4. The summed E-state index contributed by atoms with van der Waals surface area (Å²) in [4.78, 5) is 0. The number of rotatable bonds is 6. The van der Waals surface area contributed by atoms with Crippen LogP contribution in [0.3, 0.4) is 0 Å². The van der Waals surface area contributed by atoms with Crippen LogP contribution in [0.15, 0.2) is 72.8 Å². The minimum atomic E-state index is -0.150. The van der Waals surface area contributed by atoms with E-state index in [1.165, 1.54) is 35.1 Å². The molecular formula is C56H80O4. The van der Waals surface area contributed by atoms with Crippen LogP contribution in [-0.2, 0) is 21.7 Å². The van der Waals surface area contributed by atoms with Crippen LogP contribution in [0, 0.1) is 22.7 Å². The highest BCUT2D eigenvalue weighted by Crippen LogP contribution is 2.56. The monoisotopic (exact) mass is 817 g/mol. The lowest BCUT2D eigenvalue weighted by atomic mass is 9.55. The largest absolute Gasteiger partial charge is 0.508 e. The zero-order chi connectivity index (χ0) is 45.0. The average Bonchev–Trinajstić information content (AvgIpc) is 3.09. The van der Waals surface area contributed by atoms with Crippen LogP contribution < -0.4 is 0 Å². The zero-order valence-corrected chi connectivity index (χ0v) is 40.3. The summed E-state index contributed by atoms with van der Waals surface area (Å²) >= 11 is 0. The molecule has 6 rings (SSSR count). The maximum Gasteiger partial charge on any atom is 0.119 e. The number of aromatic hydroxyl groups is 4. The molecule has 2 fully saturated rings. The normalized spacial score (nSPS) is 21.0. The van der Waals surface area contributed by atoms with E-state index >= 15 is 0 Å². The van der Waals surface area contributed by atoms with Crippen LogP contribution in [0.2, 0.25) is 0 Å². The lowest BCUT2D eigenvalue weighted by Crippen LogP contribution is -2.41. The van der Waals surface area contributed by atoms with Gasteiger partial charge in [-0.1, -0.05) is 159 Å². The molecule has 4 aromatic carbocycles. The molecular weight excluding hydrogens is 737 g/mol. The van der Waals surface area contributed by atoms with Crippen molar-refractivity contribution in [2.45, 2.75) is 183 Å². The van der Waals surface area contributed by atoms with Crippen LogP contribution in [-0.4, -0.2) is 20.4 Å². The topological polar surface area (TPSA) is 80.9 Å². The Morgan fingerprint density at radius 1 is 0.450 bits per heavy atom. The third-order valence-corrected chi connectivity index (χ3v) is 13.9. The summed E-state index contributed by atoms with van der Waals surface area (Å²) in [7, 11) is 0. The number of phenolic OH excluding ortho intramolecular Hbond substituents is 4. The molecule has 2 atom stereocenters. The average molecular weight is 817 g/mol. The summed E-state index contributed by atoms with van der Waals surface area (Å²) in [6, 6.07) is 25.0. The summed E-state index contributed by atoms with van der Waals surface area (Å²) in [5.74, 6) is 3.24. The molecule has 0 amide bonds. The molecule has 60 heavy (non-hydrogen) atoms. The SMILES string of the molecule is CC1CC(C)(C)CC(c2ccc(O)c(C(C)(C)C)c2)(c2ccc(O)c(C(C)(C)C)c2)C1.CC1CC(C)(C)CC(c2ccc(O)c(C(C)C)c2)(c2ccc(O)c(C(C)C)c2)C1. The maximum absolute atomic E-state index is 10.6. The second-order valence-corrected chi connectivity index (χ2v) is 23.7. The standard InChI is InChI=1S/C29H42O2.C27H38O2/c1-19-16-28(8,9)18-29(17-19,20-10-12-24(30)22(14-20)26(2,3)4)21-11-13-25(31)23(15-21)27(5,6)7;1-17(2)22-12-20(8-10-24(22)28)27(15-19(5)14-26(6,7)16-27)21-9-11-25(29)23(13-21)18(3)4/h10-15,19,30-31H,16-18H2,1-9H3;8-13,17-19,28-29H,14-16H2,1-7H3. The molecule has 0 radical (unpaired) electrons. The van der Waals surface area contributed by atoms with Gasteiger partial charge in [0.05, 0.1) is 0 Å². The van der Waals surface area contributed by atoms with Crippen LogP contribution in [0.4, 0.5) is 0 Å². The van der Waals surface area contributed by atoms with E-state index in [2.05, 4.69) is 159 Å². The lowest BCUT2D eigenvalue weighted by molar-refractivity contribution is 0.126. The van der Waals surface area contributed by atoms with Gasteiger partial charge in [0.25, 0.3) is 0 Å². The first kappa shape index (κ1) is 47.1. The Labute approximate surface area is 364 Å². The van der Waals surface area contributed by atoms with Gasteiger partial charge in [-0.3, -0.25) is 0 Å². The van der Waals surface area contributed by atoms with E-state index in [-0.39, 0.29) is 44.3 Å². The van der Waals surface area contributed by atoms with Gasteiger partial charge in [-0.05, 0) is 153 Å². The predicted octanol–water partition coefficient (Wildman–Crippen LogP) is 15.3. The first-order valence-electron chi connectivity index (χ1n) is 22.8. The molecule has 0 aromatic heterocycles. The molecule has 4 N–H and O–H groups in total. The molecule has 2 aliphatic carbocycles. The number of phenols is 4. The van der Waals surface area contributed by atoms with Gasteiger partial charge in [0, 0.05) is 10.8 Å². The second-order valence-electron chi connectivity index (χ2n) is 23.7. The van der Waals surface area contributed by atoms with Crippen LogP contribution in [0.25, 0.3) is 0 Å². The highest BCUT2D eigenvalue weighted by molar-refractivity contribution is 5.52. The van der Waals surface area contributed by atoms with Crippen molar-refractivity contribution in [1.29, 1.82) is 0 Å². The van der Waals surface area contributed by atoms with Gasteiger partial charge in [-0.15, -0.1) is 0 Å². The summed E-state index contributed by atoms with van der Waals surface area (Å²) in [6.07, 6.45) is 6.70. The van der Waals surface area contributed by atoms with E-state index in [9.17, 15) is 20.4 Å². The maximum atomic E-state index is 10.6. The summed E-state index contributed by atoms with van der Waals surface area (Å²) in [5.41, 5.74) is 9.05. The van der Waals surface area contributed by atoms with Crippen molar-refractivity contribution in [2.75, 3.05) is 0 Å². The minimum Gasteiger partial charge on any atom is -0.508 e. The molecule has 0 saturated heterocycles. The zero-order valence-electron chi connectivity index (χ0n) is 40.3. The molecule has 328 valence electrons. The fourth-order valence-electron chi connectivity index (χ4n) is 11.9. The van der Waals surface area contributed by atoms with Crippen molar-refractivity contribution in [1.82, 2.24) is 0 Å². The highest BCUT2D eigenvalue weighted by atomic mass is 16.3. The molecule has 4 heteroatoms. The molecule has 2 saturated carbocycles. The van der Waals surface area contributed by atoms with E-state index in [1.54, 1.807) is 0 Å². The Morgan fingerprint density at radius 3 is 1.00 bits per heavy atom. The molecule has 2 unspecified atom stereocenters. The molecule has 0 spiro atoms. The van der Waals surface area contributed by atoms with E-state index in [4.69, 9.17) is 0 Å². The van der Waals surface area contributed by atoms with E-state index in [1.807, 2.05) is 24.3 Å². The smallest absolute Gasteiger partial charge is 0.119 e. The quantitative estimate of drug-likeness (QED) is 0.156. The van der Waals surface area contributed by atoms with Gasteiger partial charge in [-0.25, -0.2) is 0 Å². The van der Waals surface area contributed by atoms with Crippen molar-refractivity contribution in [3.63, 3.8) is 0 Å². The summed E-state index contributed by atoms with van der Waals surface area (Å²) in [5, 5.41) is 42.1. The third-order valence-electron chi connectivity index (χ3n) is 13.9. The van der Waals surface area contributed by atoms with Gasteiger partial charge < -0.3 is 20.4 Å². The molecule has 0 aliphatic heterocycles. The van der Waals surface area contributed by atoms with Gasteiger partial charge >= 0.3 is 0 Å². The first-order chi connectivity index (χ1) is 27.5. The Hall–Kier alpha value is -3.92. The minimum absolute atomic E-state index is 0.115. The summed E-state index contributed by atoms with van der Waals surface area (Å²) in [6.45, 7) is 35.7. The third kappa shape index (κ3) is 9.90. The van der Waals surface area contributed by atoms with E-state index in [0.29, 0.717) is 34.8 Å². The van der Waals surface area contributed by atoms with E-state index in [0.717, 1.165) is 47.9 Å². The van der Waals surface area contributed by atoms with Gasteiger partial charge in [-0.2, -0.15) is 0 Å². The van der Waals surface area contributed by atoms with Crippen molar-refractivity contribution in [3.05, 3.63) is 117 Å². The van der Waals surface area contributed by atoms with Crippen LogP contribution in [0.1, 0.15) is 206 Å². The Balaban J connectivity index is 0.000000228. The predicted molar refractivity (Wildman–Crippen MR) is 253 cm³/mol. The number of hydrogen-bond acceptors (Lipinski definition) is 4. The number of benzene rings is 4. The van der Waals surface area contributed by atoms with Crippen molar-refractivity contribution in [2.24, 2.45) is 22.7 Å². The fraction of sp³-hybridized carbons (Fsp3) is 0.571. The van der Waals surface area contributed by atoms with Crippen molar-refractivity contribution >= 4 is 0 Å². The van der Waals surface area contributed by atoms with Crippen molar-refractivity contribution in [3.8, 4) is 23.0 Å². The molecule has 0 bridgehead atoms. The molecule has 2 aliphatic rings. The molecule has 4 nitrogen and oxygen atoms in total. The van der Waals surface area contributed by atoms with E-state index < -0.39 is 0 Å². The Bertz CT molecular complexity index is 2010. The lowest BCUT2D eigenvalue weighted by Gasteiger charge is -2.49. The van der Waals surface area contributed by atoms with Gasteiger partial charge in [0.1, 0.15) is 23.0 Å². The molecule has 0 heterocycles. The molecule has 4 aromatic rings. The Kier molecular flexibility index (Phi) is 13.2. The Morgan fingerprint density at radius 2 is 0.733 bits per heavy atom. The van der Waals surface area contributed by atoms with Crippen molar-refractivity contribution < 1.29 is 20.4 Å². The second kappa shape index (κ2) is 16.7. The first-order valence-corrected chi connectivity index (χ1v) is 22.8. The fourth-order valence-corrected chi connectivity index (χ4v) is 11.9.